The number of thioether (sulfide) groups is 1. The first-order valence-corrected chi connectivity index (χ1v) is 4.69. The van der Waals surface area contributed by atoms with Gasteiger partial charge in [0.05, 0.1) is 5.56 Å². The Bertz CT molecular complexity index is 289. The maximum atomic E-state index is 10.7. The highest BCUT2D eigenvalue weighted by Crippen LogP contribution is 2.21. The Morgan fingerprint density at radius 3 is 2.62 bits per heavy atom. The molecule has 1 aromatic carbocycles. The second-order valence-corrected chi connectivity index (χ2v) is 3.54. The number of hydrogen-bond acceptors (Lipinski definition) is 2. The third-order valence-corrected chi connectivity index (χ3v) is 2.37. The fourth-order valence-corrected chi connectivity index (χ4v) is 1.72. The van der Waals surface area contributed by atoms with Crippen molar-refractivity contribution in [2.45, 2.75) is 11.8 Å². The van der Waals surface area contributed by atoms with E-state index in [1.54, 1.807) is 23.9 Å². The molecule has 0 saturated carbocycles. The highest BCUT2D eigenvalue weighted by molar-refractivity contribution is 7.99. The van der Waals surface area contributed by atoms with Gasteiger partial charge in [0.25, 0.3) is 0 Å². The van der Waals surface area contributed by atoms with Crippen LogP contribution >= 0.6 is 24.2 Å². The van der Waals surface area contributed by atoms with Crippen LogP contribution in [-0.4, -0.2) is 16.8 Å². The molecular weight excluding hydrogens is 208 g/mol. The van der Waals surface area contributed by atoms with Crippen LogP contribution in [0.25, 0.3) is 0 Å². The molecule has 0 radical (unpaired) electrons. The van der Waals surface area contributed by atoms with Crippen LogP contribution in [0.3, 0.4) is 0 Å². The van der Waals surface area contributed by atoms with Crippen molar-refractivity contribution in [2.75, 3.05) is 5.75 Å². The summed E-state index contributed by atoms with van der Waals surface area (Å²) >= 11 is 1.55. The zero-order chi connectivity index (χ0) is 8.97. The van der Waals surface area contributed by atoms with Crippen LogP contribution in [0.1, 0.15) is 17.3 Å². The van der Waals surface area contributed by atoms with Crippen molar-refractivity contribution >= 4 is 30.1 Å². The van der Waals surface area contributed by atoms with Gasteiger partial charge in [0.2, 0.25) is 0 Å². The van der Waals surface area contributed by atoms with E-state index in [2.05, 4.69) is 0 Å². The third-order valence-electron chi connectivity index (χ3n) is 1.42. The van der Waals surface area contributed by atoms with Gasteiger partial charge in [-0.1, -0.05) is 19.1 Å². The molecular formula is C9H11ClO2S. The number of carbonyl (C=O) groups is 1. The second-order valence-electron chi connectivity index (χ2n) is 2.23. The molecule has 0 spiro atoms. The normalized spacial score (nSPS) is 9.00. The van der Waals surface area contributed by atoms with Gasteiger partial charge >= 0.3 is 5.97 Å². The summed E-state index contributed by atoms with van der Waals surface area (Å²) in [6.07, 6.45) is 0. The van der Waals surface area contributed by atoms with Crippen LogP contribution in [0, 0.1) is 0 Å². The number of halogens is 1. The van der Waals surface area contributed by atoms with Gasteiger partial charge in [0, 0.05) is 4.90 Å². The maximum Gasteiger partial charge on any atom is 0.336 e. The molecule has 0 aliphatic heterocycles. The lowest BCUT2D eigenvalue weighted by molar-refractivity contribution is 0.0693. The summed E-state index contributed by atoms with van der Waals surface area (Å²) < 4.78 is 0. The molecule has 0 heterocycles. The average molecular weight is 219 g/mol. The molecule has 1 N–H and O–H groups in total. The Morgan fingerprint density at radius 1 is 1.46 bits per heavy atom. The zero-order valence-corrected chi connectivity index (χ0v) is 8.82. The van der Waals surface area contributed by atoms with Crippen LogP contribution in [0.5, 0.6) is 0 Å². The highest BCUT2D eigenvalue weighted by atomic mass is 35.5. The first-order valence-electron chi connectivity index (χ1n) is 3.70. The summed E-state index contributed by atoms with van der Waals surface area (Å²) in [5.74, 6) is 0.0381. The van der Waals surface area contributed by atoms with Gasteiger partial charge < -0.3 is 5.11 Å². The Balaban J connectivity index is 0.00000144. The van der Waals surface area contributed by atoms with Crippen molar-refractivity contribution in [3.63, 3.8) is 0 Å². The monoisotopic (exact) mass is 218 g/mol. The van der Waals surface area contributed by atoms with E-state index in [1.807, 2.05) is 19.1 Å². The lowest BCUT2D eigenvalue weighted by Crippen LogP contribution is -1.97. The number of carboxylic acids is 1. The molecule has 0 bridgehead atoms. The van der Waals surface area contributed by atoms with E-state index < -0.39 is 5.97 Å². The molecule has 4 heteroatoms. The second kappa shape index (κ2) is 5.89. The van der Waals surface area contributed by atoms with Crippen molar-refractivity contribution in [2.24, 2.45) is 0 Å². The standard InChI is InChI=1S/C9H10O2S.ClH/c1-2-12-8-6-4-3-5-7(8)9(10)11;/h3-6H,2H2,1H3,(H,10,11);1H. The topological polar surface area (TPSA) is 37.3 Å². The number of carboxylic acid groups (broad SMARTS) is 1. The first kappa shape index (κ1) is 12.3. The quantitative estimate of drug-likeness (QED) is 0.793. The summed E-state index contributed by atoms with van der Waals surface area (Å²) in [4.78, 5) is 11.5. The number of rotatable bonds is 3. The van der Waals surface area contributed by atoms with Crippen molar-refractivity contribution in [3.8, 4) is 0 Å². The van der Waals surface area contributed by atoms with E-state index in [-0.39, 0.29) is 12.4 Å². The lowest BCUT2D eigenvalue weighted by Gasteiger charge is -2.01. The van der Waals surface area contributed by atoms with Crippen LogP contribution in [0.4, 0.5) is 0 Å². The molecule has 13 heavy (non-hydrogen) atoms. The van der Waals surface area contributed by atoms with Gasteiger partial charge in [-0.05, 0) is 17.9 Å². The van der Waals surface area contributed by atoms with Gasteiger partial charge in [-0.15, -0.1) is 24.2 Å². The molecule has 72 valence electrons. The van der Waals surface area contributed by atoms with E-state index >= 15 is 0 Å². The summed E-state index contributed by atoms with van der Waals surface area (Å²) in [6.45, 7) is 2.00. The minimum atomic E-state index is -0.855. The molecule has 1 rings (SSSR count). The van der Waals surface area contributed by atoms with Gasteiger partial charge in [-0.2, -0.15) is 0 Å². The SMILES string of the molecule is CCSc1ccccc1C(=O)O.Cl. The van der Waals surface area contributed by atoms with Gasteiger partial charge in [-0.25, -0.2) is 4.79 Å². The van der Waals surface area contributed by atoms with E-state index in [0.29, 0.717) is 5.56 Å². The summed E-state index contributed by atoms with van der Waals surface area (Å²) in [7, 11) is 0. The third kappa shape index (κ3) is 3.28. The van der Waals surface area contributed by atoms with Crippen molar-refractivity contribution < 1.29 is 9.90 Å². The van der Waals surface area contributed by atoms with Crippen LogP contribution < -0.4 is 0 Å². The van der Waals surface area contributed by atoms with Gasteiger partial charge in [0.15, 0.2) is 0 Å². The molecule has 0 saturated heterocycles. The smallest absolute Gasteiger partial charge is 0.336 e. The lowest BCUT2D eigenvalue weighted by atomic mass is 10.2. The Hall–Kier alpha value is -0.670. The minimum Gasteiger partial charge on any atom is -0.478 e. The van der Waals surface area contributed by atoms with Crippen molar-refractivity contribution in [1.29, 1.82) is 0 Å². The molecule has 0 aliphatic rings. The fraction of sp³-hybridized carbons (Fsp3) is 0.222. The van der Waals surface area contributed by atoms with Crippen LogP contribution in [0.2, 0.25) is 0 Å². The molecule has 0 amide bonds. The zero-order valence-electron chi connectivity index (χ0n) is 7.19. The molecule has 1 aromatic rings. The maximum absolute atomic E-state index is 10.7. The van der Waals surface area contributed by atoms with Crippen molar-refractivity contribution in [3.05, 3.63) is 29.8 Å². The predicted octanol–water partition coefficient (Wildman–Crippen LogP) is 2.92. The first-order chi connectivity index (χ1) is 5.75. The largest absolute Gasteiger partial charge is 0.478 e. The molecule has 0 aromatic heterocycles. The van der Waals surface area contributed by atoms with E-state index in [4.69, 9.17) is 5.11 Å². The Morgan fingerprint density at radius 2 is 2.08 bits per heavy atom. The number of benzene rings is 1. The van der Waals surface area contributed by atoms with E-state index in [1.165, 1.54) is 0 Å². The minimum absolute atomic E-state index is 0. The molecule has 0 fully saturated rings. The average Bonchev–Trinajstić information content (AvgIpc) is 2.05. The van der Waals surface area contributed by atoms with Gasteiger partial charge in [0.1, 0.15) is 0 Å². The van der Waals surface area contributed by atoms with Crippen LogP contribution in [-0.2, 0) is 0 Å². The van der Waals surface area contributed by atoms with Crippen molar-refractivity contribution in [1.82, 2.24) is 0 Å². The summed E-state index contributed by atoms with van der Waals surface area (Å²) in [5.41, 5.74) is 0.393. The highest BCUT2D eigenvalue weighted by Gasteiger charge is 2.07. The summed E-state index contributed by atoms with van der Waals surface area (Å²) in [6, 6.07) is 7.05. The van der Waals surface area contributed by atoms with E-state index in [9.17, 15) is 4.79 Å². The number of hydrogen-bond donors (Lipinski definition) is 1. The molecule has 0 aliphatic carbocycles. The molecule has 0 unspecified atom stereocenters. The molecule has 0 atom stereocenters. The Kier molecular flexibility index (Phi) is 5.58. The van der Waals surface area contributed by atoms with E-state index in [0.717, 1.165) is 10.6 Å². The van der Waals surface area contributed by atoms with Crippen LogP contribution in [0.15, 0.2) is 29.2 Å². The number of aromatic carboxylic acids is 1. The summed E-state index contributed by atoms with van der Waals surface area (Å²) in [5, 5.41) is 8.78. The predicted molar refractivity (Wildman–Crippen MR) is 57.0 cm³/mol. The van der Waals surface area contributed by atoms with Gasteiger partial charge in [-0.3, -0.25) is 0 Å². The fourth-order valence-electron chi connectivity index (χ4n) is 0.925. The Labute approximate surface area is 87.8 Å². The molecule has 2 nitrogen and oxygen atoms in total.